The number of alkyl carbamates (subject to hydrolysis) is 1. The summed E-state index contributed by atoms with van der Waals surface area (Å²) in [6, 6.07) is 11.4. The first-order valence-electron chi connectivity index (χ1n) is 13.2. The third kappa shape index (κ3) is 8.78. The van der Waals surface area contributed by atoms with Gasteiger partial charge in [0.25, 0.3) is 5.91 Å². The number of aryl methyl sites for hydroxylation is 1. The van der Waals surface area contributed by atoms with Crippen LogP contribution in [0.5, 0.6) is 5.75 Å². The fourth-order valence-electron chi connectivity index (χ4n) is 4.13. The molecule has 0 heterocycles. The summed E-state index contributed by atoms with van der Waals surface area (Å²) >= 11 is 0. The smallest absolute Gasteiger partial charge is 0.408 e. The molecular weight excluding hydrogens is 482 g/mol. The molecule has 208 valence electrons. The van der Waals surface area contributed by atoms with E-state index in [1.54, 1.807) is 52.0 Å². The summed E-state index contributed by atoms with van der Waals surface area (Å²) in [6.07, 6.45) is 0.729. The van der Waals surface area contributed by atoms with Crippen LogP contribution >= 0.6 is 0 Å². The monoisotopic (exact) mass is 525 g/mol. The number of carbonyl (C=O) groups excluding carboxylic acids is 3. The van der Waals surface area contributed by atoms with Gasteiger partial charge in [0.2, 0.25) is 5.91 Å². The summed E-state index contributed by atoms with van der Waals surface area (Å²) in [5.41, 5.74) is 1.04. The number of carbonyl (C=O) groups is 3. The Bertz CT molecular complexity index is 1110. The van der Waals surface area contributed by atoms with E-state index in [-0.39, 0.29) is 11.8 Å². The van der Waals surface area contributed by atoms with Gasteiger partial charge in [-0.15, -0.1) is 0 Å². The Balaban J connectivity index is 2.54. The normalized spacial score (nSPS) is 13.8. The summed E-state index contributed by atoms with van der Waals surface area (Å²) in [5.74, 6) is -0.634. The molecule has 2 aromatic carbocycles. The van der Waals surface area contributed by atoms with Gasteiger partial charge in [0.1, 0.15) is 23.4 Å². The SMILES string of the molecule is Cc1ccccc1NC(=O)C(c1ccccc1O)N(C(=O)C(C)NC(=O)OC(C)(C)C)C(C)CCC(C)C. The van der Waals surface area contributed by atoms with Gasteiger partial charge in [-0.3, -0.25) is 9.59 Å². The maximum atomic E-state index is 14.0. The van der Waals surface area contributed by atoms with E-state index in [2.05, 4.69) is 24.5 Å². The number of phenols is 1. The molecule has 0 fully saturated rings. The van der Waals surface area contributed by atoms with Gasteiger partial charge < -0.3 is 25.4 Å². The molecule has 0 aliphatic heterocycles. The molecule has 0 saturated heterocycles. The predicted octanol–water partition coefficient (Wildman–Crippen LogP) is 5.95. The van der Waals surface area contributed by atoms with Crippen LogP contribution in [0.15, 0.2) is 48.5 Å². The molecule has 3 amide bonds. The molecule has 38 heavy (non-hydrogen) atoms. The summed E-state index contributed by atoms with van der Waals surface area (Å²) in [4.78, 5) is 41.8. The minimum Gasteiger partial charge on any atom is -0.508 e. The maximum absolute atomic E-state index is 14.0. The van der Waals surface area contributed by atoms with Crippen LogP contribution in [0.25, 0.3) is 0 Å². The van der Waals surface area contributed by atoms with Crippen molar-refractivity contribution < 1.29 is 24.2 Å². The van der Waals surface area contributed by atoms with Crippen molar-refractivity contribution in [1.82, 2.24) is 10.2 Å². The van der Waals surface area contributed by atoms with Crippen LogP contribution in [-0.2, 0) is 14.3 Å². The summed E-state index contributed by atoms with van der Waals surface area (Å²) in [6.45, 7) is 14.7. The molecule has 2 rings (SSSR count). The van der Waals surface area contributed by atoms with Crippen LogP contribution in [0.4, 0.5) is 10.5 Å². The number of phenolic OH excluding ortho intramolecular Hbond substituents is 1. The number of para-hydroxylation sites is 2. The van der Waals surface area contributed by atoms with Gasteiger partial charge in [0, 0.05) is 17.3 Å². The molecule has 2 aromatic rings. The van der Waals surface area contributed by atoms with Gasteiger partial charge in [-0.1, -0.05) is 50.2 Å². The van der Waals surface area contributed by atoms with Crippen LogP contribution < -0.4 is 10.6 Å². The number of nitrogens with zero attached hydrogens (tertiary/aromatic N) is 1. The lowest BCUT2D eigenvalue weighted by Gasteiger charge is -2.38. The lowest BCUT2D eigenvalue weighted by molar-refractivity contribution is -0.143. The van der Waals surface area contributed by atoms with Gasteiger partial charge in [-0.2, -0.15) is 0 Å². The topological polar surface area (TPSA) is 108 Å². The Kier molecular flexibility index (Phi) is 10.7. The van der Waals surface area contributed by atoms with Gasteiger partial charge in [-0.05, 0) is 78.0 Å². The molecule has 3 unspecified atom stereocenters. The van der Waals surface area contributed by atoms with Gasteiger partial charge in [0.15, 0.2) is 0 Å². The fourth-order valence-corrected chi connectivity index (χ4v) is 4.13. The van der Waals surface area contributed by atoms with Gasteiger partial charge in [-0.25, -0.2) is 4.79 Å². The Labute approximate surface area is 226 Å². The molecule has 8 heteroatoms. The highest BCUT2D eigenvalue weighted by Crippen LogP contribution is 2.33. The van der Waals surface area contributed by atoms with Crippen LogP contribution in [0.2, 0.25) is 0 Å². The van der Waals surface area contributed by atoms with Crippen molar-refractivity contribution in [2.24, 2.45) is 5.92 Å². The quantitative estimate of drug-likeness (QED) is 0.355. The van der Waals surface area contributed by atoms with Crippen molar-refractivity contribution in [2.45, 2.75) is 92.0 Å². The van der Waals surface area contributed by atoms with E-state index in [4.69, 9.17) is 4.74 Å². The highest BCUT2D eigenvalue weighted by molar-refractivity contribution is 5.99. The van der Waals surface area contributed by atoms with Crippen LogP contribution in [0, 0.1) is 12.8 Å². The Morgan fingerprint density at radius 3 is 2.13 bits per heavy atom. The number of hydrogen-bond acceptors (Lipinski definition) is 5. The lowest BCUT2D eigenvalue weighted by Crippen LogP contribution is -2.54. The zero-order valence-electron chi connectivity index (χ0n) is 23.9. The Morgan fingerprint density at radius 1 is 0.947 bits per heavy atom. The Morgan fingerprint density at radius 2 is 1.55 bits per heavy atom. The highest BCUT2D eigenvalue weighted by atomic mass is 16.6. The molecule has 0 aliphatic carbocycles. The van der Waals surface area contributed by atoms with Crippen molar-refractivity contribution in [2.75, 3.05) is 5.32 Å². The van der Waals surface area contributed by atoms with Gasteiger partial charge in [0.05, 0.1) is 0 Å². The van der Waals surface area contributed by atoms with Gasteiger partial charge >= 0.3 is 6.09 Å². The molecule has 3 N–H and O–H groups in total. The minimum absolute atomic E-state index is 0.0981. The summed E-state index contributed by atoms with van der Waals surface area (Å²) < 4.78 is 5.34. The molecule has 0 bridgehead atoms. The number of hydrogen-bond donors (Lipinski definition) is 3. The van der Waals surface area contributed by atoms with E-state index in [1.807, 2.05) is 32.0 Å². The van der Waals surface area contributed by atoms with Crippen molar-refractivity contribution in [3.8, 4) is 5.75 Å². The van der Waals surface area contributed by atoms with E-state index in [1.165, 1.54) is 11.0 Å². The van der Waals surface area contributed by atoms with Crippen LogP contribution in [-0.4, -0.2) is 45.6 Å². The van der Waals surface area contributed by atoms with Crippen molar-refractivity contribution in [1.29, 1.82) is 0 Å². The largest absolute Gasteiger partial charge is 0.508 e. The molecular formula is C30H43N3O5. The molecule has 0 radical (unpaired) electrons. The second-order valence-electron chi connectivity index (χ2n) is 11.2. The van der Waals surface area contributed by atoms with E-state index in [9.17, 15) is 19.5 Å². The predicted molar refractivity (Wildman–Crippen MR) is 150 cm³/mol. The van der Waals surface area contributed by atoms with E-state index >= 15 is 0 Å². The number of rotatable bonds is 10. The number of benzene rings is 2. The lowest BCUT2D eigenvalue weighted by atomic mass is 9.96. The first-order valence-corrected chi connectivity index (χ1v) is 13.2. The van der Waals surface area contributed by atoms with E-state index in [0.29, 0.717) is 23.6 Å². The number of nitrogens with one attached hydrogen (secondary N) is 2. The molecule has 8 nitrogen and oxygen atoms in total. The first-order chi connectivity index (χ1) is 17.7. The zero-order valence-corrected chi connectivity index (χ0v) is 23.9. The molecule has 0 saturated carbocycles. The second-order valence-corrected chi connectivity index (χ2v) is 11.2. The average molecular weight is 526 g/mol. The summed E-state index contributed by atoms with van der Waals surface area (Å²) in [7, 11) is 0. The second kappa shape index (κ2) is 13.3. The minimum atomic E-state index is -1.15. The number of amides is 3. The molecule has 0 spiro atoms. The van der Waals surface area contributed by atoms with Crippen molar-refractivity contribution in [3.05, 3.63) is 59.7 Å². The highest BCUT2D eigenvalue weighted by Gasteiger charge is 2.38. The molecule has 0 aromatic heterocycles. The molecule has 3 atom stereocenters. The summed E-state index contributed by atoms with van der Waals surface area (Å²) in [5, 5.41) is 16.3. The van der Waals surface area contributed by atoms with Crippen LogP contribution in [0.1, 0.15) is 78.5 Å². The average Bonchev–Trinajstić information content (AvgIpc) is 2.81. The van der Waals surface area contributed by atoms with Crippen molar-refractivity contribution in [3.63, 3.8) is 0 Å². The number of anilines is 1. The van der Waals surface area contributed by atoms with Crippen LogP contribution in [0.3, 0.4) is 0 Å². The van der Waals surface area contributed by atoms with E-state index in [0.717, 1.165) is 12.0 Å². The van der Waals surface area contributed by atoms with Crippen molar-refractivity contribution >= 4 is 23.6 Å². The fraction of sp³-hybridized carbons (Fsp3) is 0.500. The first kappa shape index (κ1) is 30.7. The maximum Gasteiger partial charge on any atom is 0.408 e. The third-order valence-corrected chi connectivity index (χ3v) is 6.16. The Hall–Kier alpha value is -3.55. The van der Waals surface area contributed by atoms with E-state index < -0.39 is 35.6 Å². The zero-order chi connectivity index (χ0) is 28.6. The number of ether oxygens (including phenoxy) is 1. The third-order valence-electron chi connectivity index (χ3n) is 6.16. The standard InChI is InChI=1S/C30H43N3O5/c1-19(2)17-18-21(4)33(28(36)22(5)31-29(37)38-30(6,7)8)26(23-14-10-12-16-25(23)34)27(35)32-24-15-11-9-13-20(24)3/h9-16,19,21-22,26,34H,17-18H2,1-8H3,(H,31,37)(H,32,35). The number of aromatic hydroxyl groups is 1. The molecule has 0 aliphatic rings.